The summed E-state index contributed by atoms with van der Waals surface area (Å²) < 4.78 is 39.0. The van der Waals surface area contributed by atoms with Gasteiger partial charge in [0.25, 0.3) is 0 Å². The minimum absolute atomic E-state index is 0.0501. The number of alkyl halides is 3. The largest absolute Gasteiger partial charge is 0.416 e. The standard InChI is InChI=1S/C21H19ClF3N3O2S/c1-3-28-18(29)11-17(19(30)26-15-8-7-12(2)16(22)10-15)31-20(28)27-14-6-4-5-13(9-14)21(23,24)25/h4-10,17H,3,11H2,1-2H3,(H,26,30). The van der Waals surface area contributed by atoms with Crippen molar-refractivity contribution in [3.05, 3.63) is 58.6 Å². The SMILES string of the molecule is CCN1C(=O)CC(C(=O)Nc2ccc(C)c(Cl)c2)SC1=Nc1cccc(C(F)(F)F)c1. The van der Waals surface area contributed by atoms with E-state index >= 15 is 0 Å². The molecule has 0 saturated carbocycles. The van der Waals surface area contributed by atoms with Crippen LogP contribution in [0.3, 0.4) is 0 Å². The first-order valence-corrected chi connectivity index (χ1v) is 10.6. The van der Waals surface area contributed by atoms with E-state index in [9.17, 15) is 22.8 Å². The van der Waals surface area contributed by atoms with E-state index in [1.807, 2.05) is 6.92 Å². The van der Waals surface area contributed by atoms with Gasteiger partial charge in [-0.05, 0) is 49.7 Å². The number of nitrogens with one attached hydrogen (secondary N) is 1. The zero-order valence-corrected chi connectivity index (χ0v) is 18.2. The van der Waals surface area contributed by atoms with E-state index < -0.39 is 22.9 Å². The number of aliphatic imine (C=N–C) groups is 1. The lowest BCUT2D eigenvalue weighted by Gasteiger charge is -2.31. The number of amides is 2. The van der Waals surface area contributed by atoms with E-state index in [1.54, 1.807) is 25.1 Å². The lowest BCUT2D eigenvalue weighted by molar-refractivity contribution is -0.137. The van der Waals surface area contributed by atoms with Crippen molar-refractivity contribution in [3.8, 4) is 0 Å². The minimum atomic E-state index is -4.51. The maximum absolute atomic E-state index is 13.0. The zero-order chi connectivity index (χ0) is 22.8. The van der Waals surface area contributed by atoms with Gasteiger partial charge in [0.05, 0.1) is 11.3 Å². The molecule has 3 rings (SSSR count). The molecule has 0 aromatic heterocycles. The molecule has 1 aliphatic heterocycles. The molecule has 0 spiro atoms. The van der Waals surface area contributed by atoms with Gasteiger partial charge in [-0.3, -0.25) is 14.5 Å². The Morgan fingerprint density at radius 2 is 2.03 bits per heavy atom. The molecule has 164 valence electrons. The molecule has 10 heteroatoms. The number of thioether (sulfide) groups is 1. The van der Waals surface area contributed by atoms with Gasteiger partial charge in [-0.2, -0.15) is 13.2 Å². The summed E-state index contributed by atoms with van der Waals surface area (Å²) in [6.45, 7) is 3.85. The maximum atomic E-state index is 13.0. The van der Waals surface area contributed by atoms with E-state index in [2.05, 4.69) is 10.3 Å². The summed E-state index contributed by atoms with van der Waals surface area (Å²) in [4.78, 5) is 30.9. The van der Waals surface area contributed by atoms with Crippen LogP contribution in [0.2, 0.25) is 5.02 Å². The molecule has 2 aromatic rings. The van der Waals surface area contributed by atoms with Crippen molar-refractivity contribution < 1.29 is 22.8 Å². The monoisotopic (exact) mass is 469 g/mol. The fourth-order valence-corrected chi connectivity index (χ4v) is 4.25. The van der Waals surface area contributed by atoms with E-state index in [4.69, 9.17) is 11.6 Å². The van der Waals surface area contributed by atoms with E-state index in [1.165, 1.54) is 17.0 Å². The molecule has 1 unspecified atom stereocenters. The number of benzene rings is 2. The smallest absolute Gasteiger partial charge is 0.325 e. The van der Waals surface area contributed by atoms with E-state index in [0.29, 0.717) is 10.7 Å². The van der Waals surface area contributed by atoms with Gasteiger partial charge >= 0.3 is 6.18 Å². The molecule has 2 amide bonds. The summed E-state index contributed by atoms with van der Waals surface area (Å²) in [7, 11) is 0. The van der Waals surface area contributed by atoms with Crippen molar-refractivity contribution in [2.45, 2.75) is 31.7 Å². The van der Waals surface area contributed by atoms with Crippen molar-refractivity contribution in [2.75, 3.05) is 11.9 Å². The summed E-state index contributed by atoms with van der Waals surface area (Å²) in [5.41, 5.74) is 0.559. The predicted molar refractivity (Wildman–Crippen MR) is 117 cm³/mol. The number of amidine groups is 1. The molecular formula is C21H19ClF3N3O2S. The van der Waals surface area contributed by atoms with Gasteiger partial charge in [0.15, 0.2) is 5.17 Å². The number of rotatable bonds is 4. The Morgan fingerprint density at radius 1 is 1.29 bits per heavy atom. The van der Waals surface area contributed by atoms with Crippen LogP contribution in [0.4, 0.5) is 24.5 Å². The highest BCUT2D eigenvalue weighted by atomic mass is 35.5. The molecule has 0 radical (unpaired) electrons. The Balaban J connectivity index is 1.84. The second-order valence-corrected chi connectivity index (χ2v) is 8.42. The highest BCUT2D eigenvalue weighted by Crippen LogP contribution is 2.34. The van der Waals surface area contributed by atoms with Gasteiger partial charge in [0, 0.05) is 23.7 Å². The number of hydrogen-bond donors (Lipinski definition) is 1. The van der Waals surface area contributed by atoms with Crippen molar-refractivity contribution in [3.63, 3.8) is 0 Å². The number of anilines is 1. The molecule has 31 heavy (non-hydrogen) atoms. The van der Waals surface area contributed by atoms with Crippen LogP contribution in [-0.2, 0) is 15.8 Å². The second kappa shape index (κ2) is 9.32. The third-order valence-corrected chi connectivity index (χ3v) is 6.18. The summed E-state index contributed by atoms with van der Waals surface area (Å²) >= 11 is 7.13. The Kier molecular flexibility index (Phi) is 6.96. The first-order chi connectivity index (χ1) is 14.6. The molecule has 1 atom stereocenters. The normalized spacial score (nSPS) is 18.4. The molecule has 1 saturated heterocycles. The van der Waals surface area contributed by atoms with Gasteiger partial charge in [-0.25, -0.2) is 4.99 Å². The molecule has 1 heterocycles. The molecule has 1 aliphatic rings. The number of hydrogen-bond acceptors (Lipinski definition) is 4. The number of halogens is 4. The summed E-state index contributed by atoms with van der Waals surface area (Å²) in [5.74, 6) is -0.736. The van der Waals surface area contributed by atoms with Crippen molar-refractivity contribution in [1.82, 2.24) is 4.90 Å². The average molecular weight is 470 g/mol. The van der Waals surface area contributed by atoms with Crippen LogP contribution < -0.4 is 5.32 Å². The van der Waals surface area contributed by atoms with Crippen LogP contribution in [-0.4, -0.2) is 33.7 Å². The lowest BCUT2D eigenvalue weighted by Crippen LogP contribution is -2.45. The van der Waals surface area contributed by atoms with Gasteiger partial charge in [0.1, 0.15) is 5.25 Å². The first-order valence-electron chi connectivity index (χ1n) is 9.38. The highest BCUT2D eigenvalue weighted by molar-refractivity contribution is 8.15. The van der Waals surface area contributed by atoms with Gasteiger partial charge in [-0.1, -0.05) is 35.5 Å². The minimum Gasteiger partial charge on any atom is -0.325 e. The van der Waals surface area contributed by atoms with Crippen LogP contribution >= 0.6 is 23.4 Å². The Morgan fingerprint density at radius 3 is 2.68 bits per heavy atom. The third kappa shape index (κ3) is 5.59. The summed E-state index contributed by atoms with van der Waals surface area (Å²) in [6.07, 6.45) is -4.56. The van der Waals surface area contributed by atoms with Crippen LogP contribution in [0.25, 0.3) is 0 Å². The van der Waals surface area contributed by atoms with Gasteiger partial charge in [-0.15, -0.1) is 0 Å². The van der Waals surface area contributed by atoms with Crippen LogP contribution in [0, 0.1) is 6.92 Å². The lowest BCUT2D eigenvalue weighted by atomic mass is 10.2. The zero-order valence-electron chi connectivity index (χ0n) is 16.7. The average Bonchev–Trinajstić information content (AvgIpc) is 2.70. The molecule has 0 bridgehead atoms. The molecular weight excluding hydrogens is 451 g/mol. The molecule has 1 N–H and O–H groups in total. The molecule has 2 aromatic carbocycles. The molecule has 5 nitrogen and oxygen atoms in total. The number of aryl methyl sites for hydroxylation is 1. The quantitative estimate of drug-likeness (QED) is 0.629. The fraction of sp³-hybridized carbons (Fsp3) is 0.286. The summed E-state index contributed by atoms with van der Waals surface area (Å²) in [5, 5.41) is 2.63. The molecule has 1 fully saturated rings. The van der Waals surface area contributed by atoms with Gasteiger partial charge < -0.3 is 5.32 Å². The Labute approximate surface area is 186 Å². The summed E-state index contributed by atoms with van der Waals surface area (Å²) in [6, 6.07) is 9.59. The fourth-order valence-electron chi connectivity index (χ4n) is 2.91. The third-order valence-electron chi connectivity index (χ3n) is 4.59. The van der Waals surface area contributed by atoms with Gasteiger partial charge in [0.2, 0.25) is 11.8 Å². The number of carbonyl (C=O) groups excluding carboxylic acids is 2. The van der Waals surface area contributed by atoms with E-state index in [-0.39, 0.29) is 29.7 Å². The Bertz CT molecular complexity index is 1040. The molecule has 0 aliphatic carbocycles. The van der Waals surface area contributed by atoms with Crippen LogP contribution in [0.1, 0.15) is 24.5 Å². The predicted octanol–water partition coefficient (Wildman–Crippen LogP) is 5.65. The van der Waals surface area contributed by atoms with Crippen molar-refractivity contribution >= 4 is 51.7 Å². The maximum Gasteiger partial charge on any atom is 0.416 e. The van der Waals surface area contributed by atoms with Crippen LogP contribution in [0.5, 0.6) is 0 Å². The number of nitrogens with zero attached hydrogens (tertiary/aromatic N) is 2. The second-order valence-electron chi connectivity index (χ2n) is 6.84. The topological polar surface area (TPSA) is 61.8 Å². The first kappa shape index (κ1) is 23.1. The number of carbonyl (C=O) groups is 2. The van der Waals surface area contributed by atoms with Crippen LogP contribution in [0.15, 0.2) is 47.5 Å². The Hall–Kier alpha value is -2.52. The van der Waals surface area contributed by atoms with E-state index in [0.717, 1.165) is 29.5 Å². The van der Waals surface area contributed by atoms with Crippen molar-refractivity contribution in [1.29, 1.82) is 0 Å². The van der Waals surface area contributed by atoms with Crippen molar-refractivity contribution in [2.24, 2.45) is 4.99 Å². The highest BCUT2D eigenvalue weighted by Gasteiger charge is 2.35.